The van der Waals surface area contributed by atoms with E-state index in [1.54, 1.807) is 0 Å². The molecule has 0 aromatic heterocycles. The van der Waals surface area contributed by atoms with E-state index in [2.05, 4.69) is 10.6 Å². The second-order valence-electron chi connectivity index (χ2n) is 4.03. The number of hydrogen-bond acceptors (Lipinski definition) is 3. The van der Waals surface area contributed by atoms with Gasteiger partial charge in [-0.2, -0.15) is 0 Å². The summed E-state index contributed by atoms with van der Waals surface area (Å²) >= 11 is 0. The van der Waals surface area contributed by atoms with E-state index in [0.717, 1.165) is 38.8 Å². The minimum atomic E-state index is 0.0383. The molecular weight excluding hydrogens is 180 g/mol. The van der Waals surface area contributed by atoms with Gasteiger partial charge >= 0.3 is 0 Å². The minimum absolute atomic E-state index is 0.0383. The highest BCUT2D eigenvalue weighted by atomic mass is 16.5. The zero-order valence-electron chi connectivity index (χ0n) is 8.42. The fourth-order valence-corrected chi connectivity index (χ4v) is 2.05. The van der Waals surface area contributed by atoms with Gasteiger partial charge in [0.2, 0.25) is 5.91 Å². The second kappa shape index (κ2) is 4.75. The number of amides is 1. The van der Waals surface area contributed by atoms with E-state index in [4.69, 9.17) is 4.74 Å². The first-order valence-corrected chi connectivity index (χ1v) is 5.49. The van der Waals surface area contributed by atoms with Crippen LogP contribution in [-0.4, -0.2) is 37.7 Å². The number of ether oxygens (including phenoxy) is 1. The minimum Gasteiger partial charge on any atom is -0.376 e. The molecule has 4 nitrogen and oxygen atoms in total. The third-order valence-corrected chi connectivity index (χ3v) is 2.90. The van der Waals surface area contributed by atoms with Gasteiger partial charge in [-0.15, -0.1) is 0 Å². The molecule has 0 saturated carbocycles. The molecule has 2 atom stereocenters. The molecule has 0 spiro atoms. The maximum Gasteiger partial charge on any atom is 0.237 e. The van der Waals surface area contributed by atoms with Crippen LogP contribution in [-0.2, 0) is 9.53 Å². The molecule has 0 aliphatic carbocycles. The van der Waals surface area contributed by atoms with Crippen molar-refractivity contribution in [2.75, 3.05) is 19.7 Å². The van der Waals surface area contributed by atoms with Gasteiger partial charge < -0.3 is 15.4 Å². The predicted octanol–water partition coefficient (Wildman–Crippen LogP) is 0.0336. The SMILES string of the molecule is O=C(NC[C@H]1CCCO1)[C@@H]1CCCN1. The predicted molar refractivity (Wildman–Crippen MR) is 53.0 cm³/mol. The summed E-state index contributed by atoms with van der Waals surface area (Å²) in [5.74, 6) is 0.137. The zero-order chi connectivity index (χ0) is 9.80. The summed E-state index contributed by atoms with van der Waals surface area (Å²) in [7, 11) is 0. The molecule has 80 valence electrons. The summed E-state index contributed by atoms with van der Waals surface area (Å²) in [5.41, 5.74) is 0. The first kappa shape index (κ1) is 9.93. The van der Waals surface area contributed by atoms with Crippen LogP contribution in [0, 0.1) is 0 Å². The summed E-state index contributed by atoms with van der Waals surface area (Å²) in [6, 6.07) is 0.0383. The lowest BCUT2D eigenvalue weighted by Gasteiger charge is -2.14. The fourth-order valence-electron chi connectivity index (χ4n) is 2.05. The average Bonchev–Trinajstić information content (AvgIpc) is 2.87. The van der Waals surface area contributed by atoms with Gasteiger partial charge in [0.25, 0.3) is 0 Å². The van der Waals surface area contributed by atoms with E-state index in [9.17, 15) is 4.79 Å². The van der Waals surface area contributed by atoms with E-state index in [0.29, 0.717) is 6.54 Å². The van der Waals surface area contributed by atoms with Crippen molar-refractivity contribution in [1.29, 1.82) is 0 Å². The van der Waals surface area contributed by atoms with E-state index in [1.807, 2.05) is 0 Å². The summed E-state index contributed by atoms with van der Waals surface area (Å²) < 4.78 is 5.43. The van der Waals surface area contributed by atoms with Crippen LogP contribution in [0.5, 0.6) is 0 Å². The van der Waals surface area contributed by atoms with Gasteiger partial charge in [0.05, 0.1) is 12.1 Å². The van der Waals surface area contributed by atoms with E-state index >= 15 is 0 Å². The molecule has 4 heteroatoms. The monoisotopic (exact) mass is 198 g/mol. The number of carbonyl (C=O) groups excluding carboxylic acids is 1. The van der Waals surface area contributed by atoms with Crippen molar-refractivity contribution in [1.82, 2.24) is 10.6 Å². The molecule has 2 rings (SSSR count). The average molecular weight is 198 g/mol. The Morgan fingerprint density at radius 1 is 1.43 bits per heavy atom. The molecule has 2 heterocycles. The maximum atomic E-state index is 11.6. The van der Waals surface area contributed by atoms with Crippen LogP contribution in [0.3, 0.4) is 0 Å². The highest BCUT2D eigenvalue weighted by molar-refractivity contribution is 5.81. The van der Waals surface area contributed by atoms with Crippen molar-refractivity contribution in [3.63, 3.8) is 0 Å². The Kier molecular flexibility index (Phi) is 3.37. The normalized spacial score (nSPS) is 32.0. The zero-order valence-corrected chi connectivity index (χ0v) is 8.42. The van der Waals surface area contributed by atoms with Gasteiger partial charge in [0, 0.05) is 13.2 Å². The molecule has 0 radical (unpaired) electrons. The molecule has 2 fully saturated rings. The summed E-state index contributed by atoms with van der Waals surface area (Å²) in [5, 5.41) is 6.12. The molecule has 2 N–H and O–H groups in total. The molecule has 0 aromatic rings. The Hall–Kier alpha value is -0.610. The van der Waals surface area contributed by atoms with Gasteiger partial charge in [0.15, 0.2) is 0 Å². The summed E-state index contributed by atoms with van der Waals surface area (Å²) in [4.78, 5) is 11.6. The van der Waals surface area contributed by atoms with Crippen LogP contribution in [0.1, 0.15) is 25.7 Å². The van der Waals surface area contributed by atoms with E-state index in [-0.39, 0.29) is 18.1 Å². The van der Waals surface area contributed by atoms with Crippen LogP contribution in [0.2, 0.25) is 0 Å². The number of nitrogens with one attached hydrogen (secondary N) is 2. The molecule has 14 heavy (non-hydrogen) atoms. The van der Waals surface area contributed by atoms with Crippen molar-refractivity contribution in [2.45, 2.75) is 37.8 Å². The van der Waals surface area contributed by atoms with E-state index < -0.39 is 0 Å². The van der Waals surface area contributed by atoms with Gasteiger partial charge in [-0.1, -0.05) is 0 Å². The van der Waals surface area contributed by atoms with Crippen molar-refractivity contribution < 1.29 is 9.53 Å². The third kappa shape index (κ3) is 2.45. The lowest BCUT2D eigenvalue weighted by atomic mass is 10.2. The number of hydrogen-bond donors (Lipinski definition) is 2. The van der Waals surface area contributed by atoms with Crippen LogP contribution in [0.4, 0.5) is 0 Å². The van der Waals surface area contributed by atoms with Crippen LogP contribution >= 0.6 is 0 Å². The first-order valence-electron chi connectivity index (χ1n) is 5.49. The van der Waals surface area contributed by atoms with Gasteiger partial charge in [-0.3, -0.25) is 4.79 Å². The van der Waals surface area contributed by atoms with Gasteiger partial charge in [-0.25, -0.2) is 0 Å². The Balaban J connectivity index is 1.66. The van der Waals surface area contributed by atoms with Gasteiger partial charge in [-0.05, 0) is 32.2 Å². The lowest BCUT2D eigenvalue weighted by molar-refractivity contribution is -0.123. The van der Waals surface area contributed by atoms with Crippen LogP contribution in [0.15, 0.2) is 0 Å². The molecule has 0 bridgehead atoms. The number of carbonyl (C=O) groups is 1. The van der Waals surface area contributed by atoms with Crippen molar-refractivity contribution in [3.8, 4) is 0 Å². The molecule has 2 aliphatic rings. The van der Waals surface area contributed by atoms with Crippen LogP contribution < -0.4 is 10.6 Å². The second-order valence-corrected chi connectivity index (χ2v) is 4.03. The van der Waals surface area contributed by atoms with Crippen molar-refractivity contribution in [3.05, 3.63) is 0 Å². The van der Waals surface area contributed by atoms with Crippen molar-refractivity contribution >= 4 is 5.91 Å². The maximum absolute atomic E-state index is 11.6. The first-order chi connectivity index (χ1) is 6.86. The third-order valence-electron chi connectivity index (χ3n) is 2.90. The smallest absolute Gasteiger partial charge is 0.237 e. The van der Waals surface area contributed by atoms with E-state index in [1.165, 1.54) is 0 Å². The topological polar surface area (TPSA) is 50.4 Å². The Bertz CT molecular complexity index is 196. The number of rotatable bonds is 3. The highest BCUT2D eigenvalue weighted by Gasteiger charge is 2.23. The van der Waals surface area contributed by atoms with Crippen molar-refractivity contribution in [2.24, 2.45) is 0 Å². The Morgan fingerprint density at radius 3 is 3.00 bits per heavy atom. The summed E-state index contributed by atoms with van der Waals surface area (Å²) in [6.45, 7) is 2.50. The fraction of sp³-hybridized carbons (Fsp3) is 0.900. The molecule has 1 amide bonds. The largest absolute Gasteiger partial charge is 0.376 e. The van der Waals surface area contributed by atoms with Gasteiger partial charge in [0.1, 0.15) is 0 Å². The molecule has 0 unspecified atom stereocenters. The standard InChI is InChI=1S/C10H18N2O2/c13-10(9-4-1-5-11-9)12-7-8-3-2-6-14-8/h8-9,11H,1-7H2,(H,12,13)/t8-,9+/m1/s1. The molecular formula is C10H18N2O2. The Morgan fingerprint density at radius 2 is 2.36 bits per heavy atom. The highest BCUT2D eigenvalue weighted by Crippen LogP contribution is 2.11. The quantitative estimate of drug-likeness (QED) is 0.673. The lowest BCUT2D eigenvalue weighted by Crippen LogP contribution is -2.43. The van der Waals surface area contributed by atoms with Crippen LogP contribution in [0.25, 0.3) is 0 Å². The Labute approximate surface area is 84.4 Å². The summed E-state index contributed by atoms with van der Waals surface area (Å²) in [6.07, 6.45) is 4.54. The molecule has 2 saturated heterocycles. The molecule has 2 aliphatic heterocycles. The molecule has 0 aromatic carbocycles.